The van der Waals surface area contributed by atoms with Crippen molar-refractivity contribution in [3.8, 4) is 11.5 Å². The van der Waals surface area contributed by atoms with E-state index in [9.17, 15) is 22.4 Å². The van der Waals surface area contributed by atoms with Crippen LogP contribution >= 0.6 is 0 Å². The van der Waals surface area contributed by atoms with Crippen LogP contribution in [0.4, 0.5) is 23.2 Å². The maximum Gasteiger partial charge on any atom is 0.507 e. The van der Waals surface area contributed by atoms with Crippen molar-refractivity contribution in [2.24, 2.45) is 7.05 Å². The Morgan fingerprint density at radius 1 is 1.17 bits per heavy atom. The van der Waals surface area contributed by atoms with E-state index >= 15 is 0 Å². The Hall–Kier alpha value is -2.78. The molecule has 0 radical (unpaired) electrons. The zero-order chi connectivity index (χ0) is 16.8. The van der Waals surface area contributed by atoms with E-state index in [1.807, 2.05) is 0 Å². The van der Waals surface area contributed by atoms with Crippen molar-refractivity contribution in [2.75, 3.05) is 5.32 Å². The molecule has 1 amide bonds. The summed E-state index contributed by atoms with van der Waals surface area (Å²) in [4.78, 5) is 11.9. The molecule has 0 bridgehead atoms. The van der Waals surface area contributed by atoms with Crippen LogP contribution in [0.2, 0.25) is 0 Å². The van der Waals surface area contributed by atoms with E-state index in [1.165, 1.54) is 23.1 Å². The third-order valence-corrected chi connectivity index (χ3v) is 2.98. The van der Waals surface area contributed by atoms with Gasteiger partial charge in [-0.3, -0.25) is 9.48 Å². The van der Waals surface area contributed by atoms with Crippen LogP contribution in [-0.4, -0.2) is 27.9 Å². The number of nitrogens with zero attached hydrogens (tertiary/aromatic N) is 2. The first-order chi connectivity index (χ1) is 10.7. The monoisotopic (exact) mass is 331 g/mol. The van der Waals surface area contributed by atoms with Gasteiger partial charge in [0.15, 0.2) is 11.5 Å². The van der Waals surface area contributed by atoms with Gasteiger partial charge in [0.2, 0.25) is 0 Å². The minimum Gasteiger partial charge on any atom is -0.421 e. The molecule has 0 saturated carbocycles. The summed E-state index contributed by atoms with van der Waals surface area (Å²) in [5.41, 5.74) is 0.307. The largest absolute Gasteiger partial charge is 0.507 e. The summed E-state index contributed by atoms with van der Waals surface area (Å²) in [7, 11) is 1.61. The molecule has 122 valence electrons. The van der Waals surface area contributed by atoms with E-state index < -0.39 is 29.6 Å². The maximum absolute atomic E-state index is 13.1. The molecule has 1 aliphatic rings. The van der Waals surface area contributed by atoms with Gasteiger partial charge in [-0.1, -0.05) is 0 Å². The number of alkyl halides is 4. The van der Waals surface area contributed by atoms with Crippen molar-refractivity contribution < 1.29 is 31.8 Å². The number of amides is 1. The van der Waals surface area contributed by atoms with E-state index in [0.29, 0.717) is 0 Å². The Kier molecular flexibility index (Phi) is 3.20. The van der Waals surface area contributed by atoms with Gasteiger partial charge in [-0.15, -0.1) is 0 Å². The lowest BCUT2D eigenvalue weighted by Gasteiger charge is -2.31. The topological polar surface area (TPSA) is 65.4 Å². The Labute approximate surface area is 126 Å². The molecule has 0 unspecified atom stereocenters. The van der Waals surface area contributed by atoms with E-state index in [2.05, 4.69) is 19.9 Å². The average Bonchev–Trinajstić information content (AvgIpc) is 2.86. The highest BCUT2D eigenvalue weighted by Crippen LogP contribution is 2.47. The van der Waals surface area contributed by atoms with Crippen molar-refractivity contribution in [3.05, 3.63) is 36.2 Å². The summed E-state index contributed by atoms with van der Waals surface area (Å²) in [5.74, 6) is -1.71. The number of anilines is 1. The number of halogens is 4. The number of ether oxygens (including phenoxy) is 2. The fourth-order valence-electron chi connectivity index (χ4n) is 1.89. The quantitative estimate of drug-likeness (QED) is 0.859. The molecule has 0 spiro atoms. The lowest BCUT2D eigenvalue weighted by Crippen LogP contribution is -2.52. The number of hydrogen-bond donors (Lipinski definition) is 1. The highest BCUT2D eigenvalue weighted by Gasteiger charge is 2.65. The number of fused-ring (bicyclic) bond motifs is 1. The molecule has 0 saturated heterocycles. The fourth-order valence-corrected chi connectivity index (χ4v) is 1.89. The second-order valence-electron chi connectivity index (χ2n) is 4.76. The third kappa shape index (κ3) is 2.67. The summed E-state index contributed by atoms with van der Waals surface area (Å²) < 4.78 is 61.6. The second-order valence-corrected chi connectivity index (χ2v) is 4.76. The SMILES string of the molecule is Cn1cc(C(=O)Nc2ccc3c(c2)OC(F)(F)C(F)(F)O3)cn1. The van der Waals surface area contributed by atoms with Crippen molar-refractivity contribution in [1.29, 1.82) is 0 Å². The van der Waals surface area contributed by atoms with Gasteiger partial charge in [0.05, 0.1) is 11.8 Å². The Morgan fingerprint density at radius 2 is 1.83 bits per heavy atom. The number of nitrogens with one attached hydrogen (secondary N) is 1. The van der Waals surface area contributed by atoms with E-state index in [-0.39, 0.29) is 11.3 Å². The molecular formula is C13H9F4N3O3. The van der Waals surface area contributed by atoms with Crippen LogP contribution < -0.4 is 14.8 Å². The molecule has 1 aromatic heterocycles. The second kappa shape index (κ2) is 4.86. The molecule has 6 nitrogen and oxygen atoms in total. The summed E-state index contributed by atoms with van der Waals surface area (Å²) in [6.07, 6.45) is -6.84. The predicted molar refractivity (Wildman–Crippen MR) is 68.8 cm³/mol. The van der Waals surface area contributed by atoms with Crippen LogP contribution in [0.3, 0.4) is 0 Å². The van der Waals surface area contributed by atoms with E-state index in [1.54, 1.807) is 7.05 Å². The van der Waals surface area contributed by atoms with Crippen LogP contribution in [-0.2, 0) is 7.05 Å². The van der Waals surface area contributed by atoms with E-state index in [0.717, 1.165) is 12.1 Å². The average molecular weight is 331 g/mol. The first-order valence-electron chi connectivity index (χ1n) is 6.26. The number of aryl methyl sites for hydroxylation is 1. The summed E-state index contributed by atoms with van der Waals surface area (Å²) in [6, 6.07) is 3.18. The van der Waals surface area contributed by atoms with Crippen molar-refractivity contribution >= 4 is 11.6 Å². The molecule has 0 atom stereocenters. The van der Waals surface area contributed by atoms with Gasteiger partial charge < -0.3 is 14.8 Å². The van der Waals surface area contributed by atoms with Crippen LogP contribution in [0.5, 0.6) is 11.5 Å². The van der Waals surface area contributed by atoms with Gasteiger partial charge in [-0.2, -0.15) is 22.7 Å². The molecule has 1 N–H and O–H groups in total. The molecule has 2 aromatic rings. The van der Waals surface area contributed by atoms with Crippen LogP contribution in [0.1, 0.15) is 10.4 Å². The summed E-state index contributed by atoms with van der Waals surface area (Å²) in [6.45, 7) is 0. The van der Waals surface area contributed by atoms with Crippen LogP contribution in [0.25, 0.3) is 0 Å². The summed E-state index contributed by atoms with van der Waals surface area (Å²) >= 11 is 0. The molecule has 23 heavy (non-hydrogen) atoms. The molecule has 0 fully saturated rings. The Bertz CT molecular complexity index is 776. The highest BCUT2D eigenvalue weighted by molar-refractivity contribution is 6.04. The number of carbonyl (C=O) groups excluding carboxylic acids is 1. The Morgan fingerprint density at radius 3 is 2.43 bits per heavy atom. The van der Waals surface area contributed by atoms with Gasteiger partial charge in [0.25, 0.3) is 5.91 Å². The molecule has 1 aliphatic heterocycles. The van der Waals surface area contributed by atoms with Crippen molar-refractivity contribution in [2.45, 2.75) is 12.2 Å². The minimum absolute atomic E-state index is 0.0715. The lowest BCUT2D eigenvalue weighted by atomic mass is 10.2. The maximum atomic E-state index is 13.1. The first-order valence-corrected chi connectivity index (χ1v) is 6.26. The van der Waals surface area contributed by atoms with Gasteiger partial charge in [-0.25, -0.2) is 0 Å². The molecule has 2 heterocycles. The zero-order valence-electron chi connectivity index (χ0n) is 11.5. The van der Waals surface area contributed by atoms with Gasteiger partial charge >= 0.3 is 12.2 Å². The molecule has 1 aromatic carbocycles. The summed E-state index contributed by atoms with van der Waals surface area (Å²) in [5, 5.41) is 6.22. The number of hydrogen-bond acceptors (Lipinski definition) is 4. The first kappa shape index (κ1) is 15.1. The minimum atomic E-state index is -4.81. The number of benzene rings is 1. The van der Waals surface area contributed by atoms with Crippen LogP contribution in [0, 0.1) is 0 Å². The Balaban J connectivity index is 1.83. The fraction of sp³-hybridized carbons (Fsp3) is 0.231. The number of aromatic nitrogens is 2. The number of carbonyl (C=O) groups is 1. The number of rotatable bonds is 2. The third-order valence-electron chi connectivity index (χ3n) is 2.98. The smallest absolute Gasteiger partial charge is 0.421 e. The highest BCUT2D eigenvalue weighted by atomic mass is 19.3. The van der Waals surface area contributed by atoms with Crippen molar-refractivity contribution in [3.63, 3.8) is 0 Å². The molecule has 10 heteroatoms. The van der Waals surface area contributed by atoms with E-state index in [4.69, 9.17) is 0 Å². The normalized spacial score (nSPS) is 17.6. The van der Waals surface area contributed by atoms with Gasteiger partial charge in [0, 0.05) is 25.0 Å². The predicted octanol–water partition coefficient (Wildman–Crippen LogP) is 2.63. The van der Waals surface area contributed by atoms with Gasteiger partial charge in [0.1, 0.15) is 0 Å². The standard InChI is InChI=1S/C13H9F4N3O3/c1-20-6-7(5-18-20)11(21)19-8-2-3-9-10(4-8)23-13(16,17)12(14,15)22-9/h2-6H,1H3,(H,19,21). The molecule has 0 aliphatic carbocycles. The molecule has 3 rings (SSSR count). The van der Waals surface area contributed by atoms with Crippen LogP contribution in [0.15, 0.2) is 30.6 Å². The lowest BCUT2D eigenvalue weighted by molar-refractivity contribution is -0.391. The molecular weight excluding hydrogens is 322 g/mol. The zero-order valence-corrected chi connectivity index (χ0v) is 11.5. The van der Waals surface area contributed by atoms with Gasteiger partial charge in [-0.05, 0) is 12.1 Å². The van der Waals surface area contributed by atoms with Crippen molar-refractivity contribution in [1.82, 2.24) is 9.78 Å².